The largest absolute Gasteiger partial charge is 0.347 e. The van der Waals surface area contributed by atoms with Gasteiger partial charge in [-0.1, -0.05) is 6.92 Å². The summed E-state index contributed by atoms with van der Waals surface area (Å²) in [7, 11) is 7.83. The number of hydrogen-bond donors (Lipinski definition) is 0. The lowest BCUT2D eigenvalue weighted by molar-refractivity contribution is 0.705. The Kier molecular flexibility index (Phi) is 4.91. The molecule has 1 fully saturated rings. The Morgan fingerprint density at radius 3 is 2.20 bits per heavy atom. The molecule has 0 spiro atoms. The Bertz CT molecular complexity index is 424. The lowest BCUT2D eigenvalue weighted by Crippen LogP contribution is -2.39. The van der Waals surface area contributed by atoms with E-state index in [1.807, 2.05) is 49.8 Å². The van der Waals surface area contributed by atoms with Crippen LogP contribution >= 0.6 is 11.8 Å². The summed E-state index contributed by atoms with van der Waals surface area (Å²) >= 11 is 2.05. The van der Waals surface area contributed by atoms with Crippen LogP contribution in [0.2, 0.25) is 0 Å². The Morgan fingerprint density at radius 1 is 1.10 bits per heavy atom. The number of rotatable bonds is 4. The third-order valence-electron chi connectivity index (χ3n) is 3.28. The first-order valence-corrected chi connectivity index (χ1v) is 8.03. The smallest absolute Gasteiger partial charge is 0.232 e. The normalized spacial score (nSPS) is 19.1. The fraction of sp³-hybridized carbons (Fsp3) is 0.769. The number of anilines is 3. The average Bonchev–Trinajstić information content (AvgIpc) is 2.46. The number of hydrogen-bond acceptors (Lipinski definition) is 7. The highest BCUT2D eigenvalue weighted by molar-refractivity contribution is 8.00. The van der Waals surface area contributed by atoms with Crippen LogP contribution in [0, 0.1) is 0 Å². The molecule has 2 rings (SSSR count). The Labute approximate surface area is 125 Å². The zero-order valence-corrected chi connectivity index (χ0v) is 13.8. The zero-order valence-electron chi connectivity index (χ0n) is 13.0. The van der Waals surface area contributed by atoms with Crippen LogP contribution in [0.4, 0.5) is 17.8 Å². The minimum absolute atomic E-state index is 0.672. The summed E-state index contributed by atoms with van der Waals surface area (Å²) in [5.74, 6) is 3.36. The first-order valence-electron chi connectivity index (χ1n) is 6.98. The van der Waals surface area contributed by atoms with Gasteiger partial charge in [0.15, 0.2) is 0 Å². The van der Waals surface area contributed by atoms with E-state index < -0.39 is 0 Å². The number of thioether (sulfide) groups is 1. The molecule has 112 valence electrons. The van der Waals surface area contributed by atoms with E-state index in [9.17, 15) is 0 Å². The summed E-state index contributed by atoms with van der Waals surface area (Å²) in [5.41, 5.74) is 0. The number of nitrogens with zero attached hydrogens (tertiary/aromatic N) is 6. The maximum atomic E-state index is 4.60. The maximum absolute atomic E-state index is 4.60. The van der Waals surface area contributed by atoms with Crippen LogP contribution in [-0.2, 0) is 0 Å². The molecule has 1 atom stereocenters. The van der Waals surface area contributed by atoms with Gasteiger partial charge in [0.1, 0.15) is 0 Å². The van der Waals surface area contributed by atoms with E-state index in [1.54, 1.807) is 0 Å². The van der Waals surface area contributed by atoms with Gasteiger partial charge in [-0.2, -0.15) is 26.7 Å². The summed E-state index contributed by atoms with van der Waals surface area (Å²) < 4.78 is 0. The predicted octanol–water partition coefficient (Wildman–Crippen LogP) is 1.34. The van der Waals surface area contributed by atoms with Crippen molar-refractivity contribution in [2.45, 2.75) is 18.6 Å². The third-order valence-corrected chi connectivity index (χ3v) is 4.65. The van der Waals surface area contributed by atoms with E-state index in [4.69, 9.17) is 0 Å². The molecule has 2 heterocycles. The highest BCUT2D eigenvalue weighted by Crippen LogP contribution is 2.25. The van der Waals surface area contributed by atoms with E-state index in [2.05, 4.69) is 26.8 Å². The molecule has 1 unspecified atom stereocenters. The summed E-state index contributed by atoms with van der Waals surface area (Å²) in [6, 6.07) is 0. The van der Waals surface area contributed by atoms with Gasteiger partial charge in [-0.3, -0.25) is 0 Å². The average molecular weight is 296 g/mol. The molecule has 20 heavy (non-hydrogen) atoms. The van der Waals surface area contributed by atoms with Gasteiger partial charge in [-0.25, -0.2) is 0 Å². The second kappa shape index (κ2) is 6.47. The molecular weight excluding hydrogens is 272 g/mol. The predicted molar refractivity (Wildman–Crippen MR) is 87.2 cm³/mol. The molecule has 1 saturated heterocycles. The van der Waals surface area contributed by atoms with Crippen molar-refractivity contribution in [1.82, 2.24) is 15.0 Å². The Hall–Kier alpha value is -1.24. The second-order valence-corrected chi connectivity index (χ2v) is 6.78. The van der Waals surface area contributed by atoms with Crippen LogP contribution in [-0.4, -0.2) is 67.2 Å². The Morgan fingerprint density at radius 2 is 1.70 bits per heavy atom. The van der Waals surface area contributed by atoms with Gasteiger partial charge in [-0.05, 0) is 6.42 Å². The highest BCUT2D eigenvalue weighted by atomic mass is 32.2. The molecule has 0 radical (unpaired) electrons. The van der Waals surface area contributed by atoms with E-state index >= 15 is 0 Å². The molecule has 0 N–H and O–H groups in total. The van der Waals surface area contributed by atoms with Crippen molar-refractivity contribution >= 4 is 29.6 Å². The molecule has 0 amide bonds. The molecular formula is C13H24N6S. The van der Waals surface area contributed by atoms with E-state index in [-0.39, 0.29) is 0 Å². The molecule has 6 nitrogen and oxygen atoms in total. The van der Waals surface area contributed by atoms with Crippen molar-refractivity contribution in [3.63, 3.8) is 0 Å². The molecule has 0 saturated carbocycles. The standard InChI is InChI=1S/C13H24N6S/c1-6-10-9-19(7-8-20-10)13-15-11(17(2)3)14-12(16-13)18(4)5/h10H,6-9H2,1-5H3. The maximum Gasteiger partial charge on any atom is 0.232 e. The zero-order chi connectivity index (χ0) is 14.7. The topological polar surface area (TPSA) is 48.4 Å². The van der Waals surface area contributed by atoms with Gasteiger partial charge >= 0.3 is 0 Å². The van der Waals surface area contributed by atoms with Gasteiger partial charge in [0.2, 0.25) is 17.8 Å². The molecule has 7 heteroatoms. The first kappa shape index (κ1) is 15.2. The van der Waals surface area contributed by atoms with Crippen LogP contribution in [0.15, 0.2) is 0 Å². The third kappa shape index (κ3) is 3.45. The highest BCUT2D eigenvalue weighted by Gasteiger charge is 2.22. The summed E-state index contributed by atoms with van der Waals surface area (Å²) in [4.78, 5) is 19.8. The molecule has 1 aromatic rings. The monoisotopic (exact) mass is 296 g/mol. The fourth-order valence-electron chi connectivity index (χ4n) is 2.03. The SMILES string of the molecule is CCC1CN(c2nc(N(C)C)nc(N(C)C)n2)CCS1. The van der Waals surface area contributed by atoms with Crippen LogP contribution in [0.5, 0.6) is 0 Å². The van der Waals surface area contributed by atoms with Crippen molar-refractivity contribution < 1.29 is 0 Å². The molecule has 0 aliphatic carbocycles. The van der Waals surface area contributed by atoms with Crippen LogP contribution < -0.4 is 14.7 Å². The second-order valence-electron chi connectivity index (χ2n) is 5.37. The minimum Gasteiger partial charge on any atom is -0.347 e. The van der Waals surface area contributed by atoms with Gasteiger partial charge in [0.05, 0.1) is 0 Å². The van der Waals surface area contributed by atoms with Gasteiger partial charge < -0.3 is 14.7 Å². The van der Waals surface area contributed by atoms with Gasteiger partial charge in [0, 0.05) is 52.3 Å². The summed E-state index contributed by atoms with van der Waals surface area (Å²) in [6.45, 7) is 4.26. The van der Waals surface area contributed by atoms with Crippen LogP contribution in [0.3, 0.4) is 0 Å². The van der Waals surface area contributed by atoms with E-state index in [1.165, 1.54) is 6.42 Å². The molecule has 1 aliphatic rings. The summed E-state index contributed by atoms with van der Waals surface area (Å²) in [6.07, 6.45) is 1.19. The first-order chi connectivity index (χ1) is 9.51. The van der Waals surface area contributed by atoms with Gasteiger partial charge in [-0.15, -0.1) is 0 Å². The number of aromatic nitrogens is 3. The van der Waals surface area contributed by atoms with E-state index in [0.29, 0.717) is 17.1 Å². The molecule has 1 aliphatic heterocycles. The lowest BCUT2D eigenvalue weighted by atomic mass is 10.3. The lowest BCUT2D eigenvalue weighted by Gasteiger charge is -2.32. The fourth-order valence-corrected chi connectivity index (χ4v) is 3.21. The van der Waals surface area contributed by atoms with Crippen LogP contribution in [0.1, 0.15) is 13.3 Å². The van der Waals surface area contributed by atoms with Crippen molar-refractivity contribution in [2.75, 3.05) is 61.7 Å². The van der Waals surface area contributed by atoms with Crippen molar-refractivity contribution in [2.24, 2.45) is 0 Å². The van der Waals surface area contributed by atoms with Crippen molar-refractivity contribution in [1.29, 1.82) is 0 Å². The Balaban J connectivity index is 2.29. The van der Waals surface area contributed by atoms with E-state index in [0.717, 1.165) is 24.8 Å². The molecule has 0 aromatic carbocycles. The van der Waals surface area contributed by atoms with Crippen LogP contribution in [0.25, 0.3) is 0 Å². The molecule has 0 bridgehead atoms. The van der Waals surface area contributed by atoms with Crippen molar-refractivity contribution in [3.8, 4) is 0 Å². The minimum atomic E-state index is 0.672. The molecule has 1 aromatic heterocycles. The van der Waals surface area contributed by atoms with Gasteiger partial charge in [0.25, 0.3) is 0 Å². The summed E-state index contributed by atoms with van der Waals surface area (Å²) in [5, 5.41) is 0.672. The van der Waals surface area contributed by atoms with Crippen molar-refractivity contribution in [3.05, 3.63) is 0 Å². The quantitative estimate of drug-likeness (QED) is 0.831.